The number of nitrogens with one attached hydrogen (secondary N) is 2. The van der Waals surface area contributed by atoms with Gasteiger partial charge in [0.1, 0.15) is 12.4 Å². The Hall–Kier alpha value is -2.42. The summed E-state index contributed by atoms with van der Waals surface area (Å²) in [6.45, 7) is 2.66. The summed E-state index contributed by atoms with van der Waals surface area (Å²) < 4.78 is 12.0. The van der Waals surface area contributed by atoms with Crippen molar-refractivity contribution < 1.29 is 14.1 Å². The number of aromatic nitrogens is 4. The number of rotatable bonds is 7. The molecule has 3 rings (SSSR count). The second-order valence-electron chi connectivity index (χ2n) is 6.23. The average molecular weight is 348 g/mol. The number of methoxy groups -OCH3 is 1. The van der Waals surface area contributed by atoms with E-state index in [1.165, 1.54) is 12.8 Å². The van der Waals surface area contributed by atoms with Crippen molar-refractivity contribution in [2.75, 3.05) is 19.0 Å². The first-order chi connectivity index (χ1) is 12.2. The summed E-state index contributed by atoms with van der Waals surface area (Å²) in [5.41, 5.74) is 0.961. The molecule has 0 saturated heterocycles. The number of carbonyl (C=O) groups excluding carboxylic acids is 1. The van der Waals surface area contributed by atoms with Gasteiger partial charge in [-0.3, -0.25) is 5.32 Å². The molecule has 0 spiro atoms. The van der Waals surface area contributed by atoms with Crippen LogP contribution in [0.25, 0.3) is 0 Å². The minimum Gasteiger partial charge on any atom is -0.377 e. The molecule has 2 heterocycles. The van der Waals surface area contributed by atoms with Crippen LogP contribution in [0.4, 0.5) is 10.6 Å². The van der Waals surface area contributed by atoms with Crippen LogP contribution in [0.2, 0.25) is 0 Å². The molecule has 0 bridgehead atoms. The number of hydrogen-bond donors (Lipinski definition) is 2. The van der Waals surface area contributed by atoms with Gasteiger partial charge in [0, 0.05) is 25.6 Å². The maximum Gasteiger partial charge on any atom is 0.320 e. The Morgan fingerprint density at radius 2 is 2.24 bits per heavy atom. The second kappa shape index (κ2) is 8.11. The van der Waals surface area contributed by atoms with Crippen molar-refractivity contribution in [1.82, 2.24) is 25.2 Å². The molecule has 2 aromatic rings. The predicted octanol–water partition coefficient (Wildman–Crippen LogP) is 2.20. The standard InChI is InChI=1S/C16H24N6O3/c1-11-9-18-22(12-5-3-4-6-12)15(11)20-16(23)17-8-7-14-19-13(10-24-2)21-25-14/h9,12H,3-8,10H2,1-2H3,(H2,17,20,23). The Balaban J connectivity index is 1.50. The molecule has 2 amide bonds. The minimum absolute atomic E-state index is 0.264. The number of carbonyl (C=O) groups is 1. The second-order valence-corrected chi connectivity index (χ2v) is 6.23. The van der Waals surface area contributed by atoms with Crippen LogP contribution in [0.5, 0.6) is 0 Å². The summed E-state index contributed by atoms with van der Waals surface area (Å²) >= 11 is 0. The van der Waals surface area contributed by atoms with Gasteiger partial charge >= 0.3 is 6.03 Å². The largest absolute Gasteiger partial charge is 0.377 e. The zero-order chi connectivity index (χ0) is 17.6. The molecule has 0 unspecified atom stereocenters. The van der Waals surface area contributed by atoms with Crippen molar-refractivity contribution in [1.29, 1.82) is 0 Å². The van der Waals surface area contributed by atoms with E-state index in [0.717, 1.165) is 24.2 Å². The minimum atomic E-state index is -0.264. The maximum atomic E-state index is 12.2. The Bertz CT molecular complexity index is 705. The van der Waals surface area contributed by atoms with Crippen molar-refractivity contribution in [3.05, 3.63) is 23.5 Å². The molecule has 0 aromatic carbocycles. The van der Waals surface area contributed by atoms with E-state index in [4.69, 9.17) is 9.26 Å². The van der Waals surface area contributed by atoms with Gasteiger partial charge in [0.2, 0.25) is 5.89 Å². The van der Waals surface area contributed by atoms with E-state index >= 15 is 0 Å². The van der Waals surface area contributed by atoms with Crippen LogP contribution >= 0.6 is 0 Å². The highest BCUT2D eigenvalue weighted by atomic mass is 16.5. The molecule has 9 heteroatoms. The van der Waals surface area contributed by atoms with Crippen LogP contribution in [0, 0.1) is 6.92 Å². The number of ether oxygens (including phenoxy) is 1. The van der Waals surface area contributed by atoms with E-state index in [1.807, 2.05) is 11.6 Å². The van der Waals surface area contributed by atoms with Crippen LogP contribution in [0.15, 0.2) is 10.7 Å². The van der Waals surface area contributed by atoms with Crippen LogP contribution < -0.4 is 10.6 Å². The Morgan fingerprint density at radius 1 is 1.44 bits per heavy atom. The fourth-order valence-electron chi connectivity index (χ4n) is 3.04. The molecular weight excluding hydrogens is 324 g/mol. The zero-order valence-corrected chi connectivity index (χ0v) is 14.6. The van der Waals surface area contributed by atoms with E-state index in [2.05, 4.69) is 25.9 Å². The van der Waals surface area contributed by atoms with Gasteiger partial charge in [-0.05, 0) is 19.8 Å². The van der Waals surface area contributed by atoms with Gasteiger partial charge in [-0.25, -0.2) is 9.48 Å². The molecule has 1 saturated carbocycles. The third-order valence-electron chi connectivity index (χ3n) is 4.29. The van der Waals surface area contributed by atoms with Crippen molar-refractivity contribution >= 4 is 11.8 Å². The van der Waals surface area contributed by atoms with Crippen LogP contribution in [-0.2, 0) is 17.8 Å². The van der Waals surface area contributed by atoms with Crippen molar-refractivity contribution in [2.45, 2.75) is 51.7 Å². The lowest BCUT2D eigenvalue weighted by Crippen LogP contribution is -2.32. The monoisotopic (exact) mass is 348 g/mol. The van der Waals surface area contributed by atoms with Crippen molar-refractivity contribution in [3.8, 4) is 0 Å². The predicted molar refractivity (Wildman–Crippen MR) is 90.2 cm³/mol. The molecule has 0 radical (unpaired) electrons. The van der Waals surface area contributed by atoms with Crippen LogP contribution in [-0.4, -0.2) is 39.6 Å². The first kappa shape index (κ1) is 17.4. The fourth-order valence-corrected chi connectivity index (χ4v) is 3.04. The van der Waals surface area contributed by atoms with E-state index in [9.17, 15) is 4.79 Å². The number of aryl methyl sites for hydroxylation is 1. The molecular formula is C16H24N6O3. The van der Waals surface area contributed by atoms with Gasteiger partial charge in [0.05, 0.1) is 12.2 Å². The highest BCUT2D eigenvalue weighted by molar-refractivity contribution is 5.89. The Kier molecular flexibility index (Phi) is 5.64. The topological polar surface area (TPSA) is 107 Å². The molecule has 2 N–H and O–H groups in total. The highest BCUT2D eigenvalue weighted by Crippen LogP contribution is 2.32. The first-order valence-electron chi connectivity index (χ1n) is 8.56. The molecule has 1 aliphatic carbocycles. The number of amides is 2. The summed E-state index contributed by atoms with van der Waals surface area (Å²) in [5, 5.41) is 13.9. The van der Waals surface area contributed by atoms with Gasteiger partial charge in [-0.15, -0.1) is 0 Å². The number of urea groups is 1. The van der Waals surface area contributed by atoms with E-state index in [1.54, 1.807) is 13.3 Å². The number of hydrogen-bond acceptors (Lipinski definition) is 6. The van der Waals surface area contributed by atoms with Gasteiger partial charge in [0.15, 0.2) is 5.82 Å². The normalized spacial score (nSPS) is 14.8. The van der Waals surface area contributed by atoms with E-state index < -0.39 is 0 Å². The molecule has 0 atom stereocenters. The Morgan fingerprint density at radius 3 is 3.00 bits per heavy atom. The van der Waals surface area contributed by atoms with E-state index in [-0.39, 0.29) is 6.03 Å². The summed E-state index contributed by atoms with van der Waals surface area (Å²) in [4.78, 5) is 16.3. The first-order valence-corrected chi connectivity index (χ1v) is 8.56. The molecule has 1 aliphatic rings. The number of nitrogens with zero attached hydrogens (tertiary/aromatic N) is 4. The maximum absolute atomic E-state index is 12.2. The Labute approximate surface area is 146 Å². The lowest BCUT2D eigenvalue weighted by atomic mass is 10.2. The van der Waals surface area contributed by atoms with Crippen molar-refractivity contribution in [3.63, 3.8) is 0 Å². The fraction of sp³-hybridized carbons (Fsp3) is 0.625. The lowest BCUT2D eigenvalue weighted by molar-refractivity contribution is 0.174. The van der Waals surface area contributed by atoms with Crippen LogP contribution in [0.3, 0.4) is 0 Å². The lowest BCUT2D eigenvalue weighted by Gasteiger charge is -2.15. The zero-order valence-electron chi connectivity index (χ0n) is 14.6. The van der Waals surface area contributed by atoms with Gasteiger partial charge in [-0.2, -0.15) is 10.1 Å². The summed E-state index contributed by atoms with van der Waals surface area (Å²) in [6.07, 6.45) is 6.90. The quantitative estimate of drug-likeness (QED) is 0.794. The molecule has 2 aromatic heterocycles. The molecule has 25 heavy (non-hydrogen) atoms. The summed E-state index contributed by atoms with van der Waals surface area (Å²) in [7, 11) is 1.57. The molecule has 9 nitrogen and oxygen atoms in total. The van der Waals surface area contributed by atoms with Crippen LogP contribution in [0.1, 0.15) is 49.0 Å². The van der Waals surface area contributed by atoms with Gasteiger partial charge < -0.3 is 14.6 Å². The third-order valence-corrected chi connectivity index (χ3v) is 4.29. The number of anilines is 1. The van der Waals surface area contributed by atoms with Gasteiger partial charge in [-0.1, -0.05) is 18.0 Å². The highest BCUT2D eigenvalue weighted by Gasteiger charge is 2.22. The third kappa shape index (κ3) is 4.36. The van der Waals surface area contributed by atoms with E-state index in [0.29, 0.717) is 37.3 Å². The average Bonchev–Trinajstić information content (AvgIpc) is 3.31. The summed E-state index contributed by atoms with van der Waals surface area (Å²) in [5.74, 6) is 1.74. The van der Waals surface area contributed by atoms with Crippen molar-refractivity contribution in [2.24, 2.45) is 0 Å². The smallest absolute Gasteiger partial charge is 0.320 e. The molecule has 1 fully saturated rings. The van der Waals surface area contributed by atoms with Gasteiger partial charge in [0.25, 0.3) is 0 Å². The SMILES string of the molecule is COCc1noc(CCNC(=O)Nc2c(C)cnn2C2CCCC2)n1. The molecule has 136 valence electrons. The summed E-state index contributed by atoms with van der Waals surface area (Å²) in [6, 6.07) is 0.112. The molecule has 0 aliphatic heterocycles.